The molecule has 0 aromatic carbocycles. The highest BCUT2D eigenvalue weighted by atomic mass is 32.2. The molecule has 0 aromatic heterocycles. The summed E-state index contributed by atoms with van der Waals surface area (Å²) in [5.41, 5.74) is 0. The lowest BCUT2D eigenvalue weighted by Crippen LogP contribution is -2.36. The second-order valence-corrected chi connectivity index (χ2v) is 4.00. The van der Waals surface area contributed by atoms with E-state index in [4.69, 9.17) is 4.74 Å². The largest absolute Gasteiger partial charge is 0.383 e. The molecule has 1 atom stereocenters. The molecule has 1 saturated heterocycles. The number of nitrogens with zero attached hydrogens (tertiary/aromatic N) is 1. The molecule has 1 rings (SSSR count). The Hall–Kier alpha value is -0.220. The first kappa shape index (κ1) is 9.86. The van der Waals surface area contributed by atoms with Crippen LogP contribution in [0.3, 0.4) is 0 Å². The van der Waals surface area contributed by atoms with Crippen LogP contribution in [0, 0.1) is 0 Å². The zero-order valence-corrected chi connectivity index (χ0v) is 8.18. The molecule has 1 aliphatic rings. The average Bonchev–Trinajstić information content (AvgIpc) is 2.59. The number of methoxy groups -OCH3 is 1. The Balaban J connectivity index is 2.27. The summed E-state index contributed by atoms with van der Waals surface area (Å²) in [5, 5.41) is 0. The monoisotopic (exact) mass is 189 g/mol. The van der Waals surface area contributed by atoms with Crippen LogP contribution in [0.25, 0.3) is 0 Å². The van der Waals surface area contributed by atoms with Crippen molar-refractivity contribution in [3.05, 3.63) is 0 Å². The molecule has 0 aliphatic carbocycles. The zero-order chi connectivity index (χ0) is 8.81. The van der Waals surface area contributed by atoms with E-state index in [1.807, 2.05) is 16.7 Å². The zero-order valence-electron chi connectivity index (χ0n) is 7.36. The van der Waals surface area contributed by atoms with E-state index in [9.17, 15) is 4.79 Å². The van der Waals surface area contributed by atoms with Crippen molar-refractivity contribution in [2.45, 2.75) is 12.5 Å². The van der Waals surface area contributed by atoms with Crippen molar-refractivity contribution in [1.29, 1.82) is 0 Å². The average molecular weight is 189 g/mol. The molecule has 0 N–H and O–H groups in total. The van der Waals surface area contributed by atoms with Crippen LogP contribution in [0.1, 0.15) is 6.42 Å². The third-order valence-corrected chi connectivity index (χ3v) is 3.21. The number of carbonyl (C=O) groups excluding carboxylic acids is 1. The van der Waals surface area contributed by atoms with E-state index in [0.717, 1.165) is 25.1 Å². The summed E-state index contributed by atoms with van der Waals surface area (Å²) in [6.45, 7) is 1.37. The molecule has 1 heterocycles. The molecule has 0 aromatic rings. The minimum atomic E-state index is 0.447. The van der Waals surface area contributed by atoms with E-state index in [-0.39, 0.29) is 0 Å². The third-order valence-electron chi connectivity index (χ3n) is 2.06. The maximum Gasteiger partial charge on any atom is 0.210 e. The van der Waals surface area contributed by atoms with Gasteiger partial charge in [0.15, 0.2) is 0 Å². The molecule has 1 unspecified atom stereocenters. The predicted molar refractivity (Wildman–Crippen MR) is 50.4 cm³/mol. The molecule has 0 saturated carbocycles. The Morgan fingerprint density at radius 1 is 1.75 bits per heavy atom. The topological polar surface area (TPSA) is 29.5 Å². The van der Waals surface area contributed by atoms with Gasteiger partial charge in [0.25, 0.3) is 0 Å². The first-order valence-electron chi connectivity index (χ1n) is 4.16. The lowest BCUT2D eigenvalue weighted by molar-refractivity contribution is -0.120. The Bertz CT molecular complexity index is 137. The highest BCUT2D eigenvalue weighted by Crippen LogP contribution is 2.20. The van der Waals surface area contributed by atoms with Gasteiger partial charge >= 0.3 is 0 Å². The molecule has 0 bridgehead atoms. The van der Waals surface area contributed by atoms with Crippen LogP contribution in [0.5, 0.6) is 0 Å². The van der Waals surface area contributed by atoms with Gasteiger partial charge in [0.05, 0.1) is 6.61 Å². The molecular weight excluding hydrogens is 174 g/mol. The number of carbonyl (C=O) groups is 1. The fraction of sp³-hybridized carbons (Fsp3) is 0.875. The fourth-order valence-corrected chi connectivity index (χ4v) is 2.54. The lowest BCUT2D eigenvalue weighted by Gasteiger charge is -2.23. The van der Waals surface area contributed by atoms with E-state index in [2.05, 4.69) is 0 Å². The number of thioether (sulfide) groups is 1. The van der Waals surface area contributed by atoms with Gasteiger partial charge in [0.1, 0.15) is 0 Å². The Morgan fingerprint density at radius 3 is 3.08 bits per heavy atom. The van der Waals surface area contributed by atoms with Crippen molar-refractivity contribution < 1.29 is 9.53 Å². The van der Waals surface area contributed by atoms with Gasteiger partial charge in [-0.25, -0.2) is 0 Å². The van der Waals surface area contributed by atoms with Gasteiger partial charge in [-0.2, -0.15) is 11.8 Å². The summed E-state index contributed by atoms with van der Waals surface area (Å²) < 4.78 is 4.93. The van der Waals surface area contributed by atoms with E-state index in [1.165, 1.54) is 5.75 Å². The number of ether oxygens (including phenoxy) is 1. The minimum absolute atomic E-state index is 0.447. The van der Waals surface area contributed by atoms with Gasteiger partial charge < -0.3 is 9.64 Å². The van der Waals surface area contributed by atoms with Gasteiger partial charge in [0, 0.05) is 25.4 Å². The summed E-state index contributed by atoms with van der Waals surface area (Å²) in [6.07, 6.45) is 2.07. The molecule has 3 nitrogen and oxygen atoms in total. The van der Waals surface area contributed by atoms with Crippen LogP contribution in [-0.2, 0) is 9.53 Å². The Kier molecular flexibility index (Phi) is 4.46. The van der Waals surface area contributed by atoms with Crippen molar-refractivity contribution in [2.75, 3.05) is 31.8 Å². The Morgan fingerprint density at radius 2 is 2.58 bits per heavy atom. The maximum absolute atomic E-state index is 10.7. The van der Waals surface area contributed by atoms with Crippen molar-refractivity contribution in [3.8, 4) is 0 Å². The maximum atomic E-state index is 10.7. The number of hydrogen-bond donors (Lipinski definition) is 0. The summed E-state index contributed by atoms with van der Waals surface area (Å²) in [6, 6.07) is 0.447. The number of rotatable bonds is 5. The number of amides is 1. The van der Waals surface area contributed by atoms with Crippen LogP contribution in [-0.4, -0.2) is 49.1 Å². The summed E-state index contributed by atoms with van der Waals surface area (Å²) in [5.74, 6) is 2.27. The normalized spacial score (nSPS) is 22.6. The van der Waals surface area contributed by atoms with Crippen LogP contribution >= 0.6 is 11.8 Å². The van der Waals surface area contributed by atoms with Gasteiger partial charge in [0.2, 0.25) is 6.41 Å². The summed E-state index contributed by atoms with van der Waals surface area (Å²) in [7, 11) is 1.66. The Labute approximate surface area is 77.4 Å². The third kappa shape index (κ3) is 2.68. The molecular formula is C8H15NO2S. The van der Waals surface area contributed by atoms with E-state index >= 15 is 0 Å². The predicted octanol–water partition coefficient (Wildman–Crippen LogP) is 0.597. The van der Waals surface area contributed by atoms with Gasteiger partial charge in [-0.3, -0.25) is 4.79 Å². The second-order valence-electron chi connectivity index (χ2n) is 2.85. The van der Waals surface area contributed by atoms with Crippen molar-refractivity contribution >= 4 is 18.2 Å². The SMILES string of the molecule is COCCN(C=O)C1CCSC1. The highest BCUT2D eigenvalue weighted by Gasteiger charge is 2.20. The van der Waals surface area contributed by atoms with E-state index < -0.39 is 0 Å². The molecule has 1 aliphatic heterocycles. The van der Waals surface area contributed by atoms with Crippen LogP contribution in [0.15, 0.2) is 0 Å². The smallest absolute Gasteiger partial charge is 0.210 e. The summed E-state index contributed by atoms with van der Waals surface area (Å²) in [4.78, 5) is 12.5. The van der Waals surface area contributed by atoms with Gasteiger partial charge in [-0.1, -0.05) is 0 Å². The van der Waals surface area contributed by atoms with E-state index in [1.54, 1.807) is 7.11 Å². The van der Waals surface area contributed by atoms with Crippen molar-refractivity contribution in [2.24, 2.45) is 0 Å². The summed E-state index contributed by atoms with van der Waals surface area (Å²) >= 11 is 1.92. The standard InChI is InChI=1S/C8H15NO2S/c1-11-4-3-9(7-10)8-2-5-12-6-8/h7-8H,2-6H2,1H3. The van der Waals surface area contributed by atoms with Crippen LogP contribution in [0.4, 0.5) is 0 Å². The molecule has 0 radical (unpaired) electrons. The van der Waals surface area contributed by atoms with Gasteiger partial charge in [-0.15, -0.1) is 0 Å². The first-order chi connectivity index (χ1) is 5.88. The molecule has 70 valence electrons. The molecule has 12 heavy (non-hydrogen) atoms. The molecule has 4 heteroatoms. The minimum Gasteiger partial charge on any atom is -0.383 e. The molecule has 1 fully saturated rings. The molecule has 0 spiro atoms. The fourth-order valence-electron chi connectivity index (χ4n) is 1.30. The van der Waals surface area contributed by atoms with Gasteiger partial charge in [-0.05, 0) is 12.2 Å². The quantitative estimate of drug-likeness (QED) is 0.593. The van der Waals surface area contributed by atoms with Crippen molar-refractivity contribution in [1.82, 2.24) is 4.90 Å². The molecule has 1 amide bonds. The highest BCUT2D eigenvalue weighted by molar-refractivity contribution is 7.99. The first-order valence-corrected chi connectivity index (χ1v) is 5.31. The van der Waals surface area contributed by atoms with Crippen LogP contribution in [0.2, 0.25) is 0 Å². The van der Waals surface area contributed by atoms with Crippen LogP contribution < -0.4 is 0 Å². The van der Waals surface area contributed by atoms with E-state index in [0.29, 0.717) is 12.6 Å². The number of hydrogen-bond acceptors (Lipinski definition) is 3. The lowest BCUT2D eigenvalue weighted by atomic mass is 10.2. The second kappa shape index (κ2) is 5.43. The van der Waals surface area contributed by atoms with Crippen molar-refractivity contribution in [3.63, 3.8) is 0 Å².